The van der Waals surface area contributed by atoms with Gasteiger partial charge in [0.05, 0.1) is 21.9 Å². The SMILES string of the molecule is CC(C)(C)n1nnnc1SCC(=O)Nc1ccccc1S(=O)(=O)C(F)F. The summed E-state index contributed by atoms with van der Waals surface area (Å²) in [6, 6.07) is 5.01. The molecule has 1 amide bonds. The molecule has 0 atom stereocenters. The number of rotatable bonds is 6. The highest BCUT2D eigenvalue weighted by Gasteiger charge is 2.29. The monoisotopic (exact) mass is 405 g/mol. The van der Waals surface area contributed by atoms with Gasteiger partial charge in [0, 0.05) is 0 Å². The van der Waals surface area contributed by atoms with Gasteiger partial charge in [0.25, 0.3) is 0 Å². The molecule has 8 nitrogen and oxygen atoms in total. The molecule has 2 aromatic rings. The lowest BCUT2D eigenvalue weighted by molar-refractivity contribution is -0.113. The van der Waals surface area contributed by atoms with Crippen LogP contribution in [0.4, 0.5) is 14.5 Å². The lowest BCUT2D eigenvalue weighted by atomic mass is 10.1. The van der Waals surface area contributed by atoms with Crippen LogP contribution in [0.1, 0.15) is 20.8 Å². The number of carbonyl (C=O) groups excluding carboxylic acids is 1. The zero-order valence-electron chi connectivity index (χ0n) is 14.2. The molecule has 0 aliphatic carbocycles. The van der Waals surface area contributed by atoms with Crippen LogP contribution in [0.5, 0.6) is 0 Å². The highest BCUT2D eigenvalue weighted by Crippen LogP contribution is 2.27. The van der Waals surface area contributed by atoms with Crippen molar-refractivity contribution in [2.45, 2.75) is 42.1 Å². The van der Waals surface area contributed by atoms with Gasteiger partial charge in [0.2, 0.25) is 20.9 Å². The van der Waals surface area contributed by atoms with Gasteiger partial charge in [-0.2, -0.15) is 8.78 Å². The minimum absolute atomic E-state index is 0.125. The van der Waals surface area contributed by atoms with E-state index in [4.69, 9.17) is 0 Å². The molecular weight excluding hydrogens is 388 g/mol. The molecule has 0 saturated carbocycles. The van der Waals surface area contributed by atoms with Gasteiger partial charge in [0.1, 0.15) is 0 Å². The van der Waals surface area contributed by atoms with Crippen LogP contribution in [-0.4, -0.2) is 46.0 Å². The van der Waals surface area contributed by atoms with Crippen LogP contribution in [0.3, 0.4) is 0 Å². The first-order valence-electron chi connectivity index (χ1n) is 7.36. The highest BCUT2D eigenvalue weighted by molar-refractivity contribution is 7.99. The minimum atomic E-state index is -4.83. The summed E-state index contributed by atoms with van der Waals surface area (Å²) in [5.41, 5.74) is -0.589. The van der Waals surface area contributed by atoms with Gasteiger partial charge in [-0.15, -0.1) is 5.10 Å². The largest absolute Gasteiger partial charge is 0.341 e. The number of carbonyl (C=O) groups is 1. The number of halogens is 2. The van der Waals surface area contributed by atoms with E-state index in [1.54, 1.807) is 4.68 Å². The van der Waals surface area contributed by atoms with E-state index in [0.717, 1.165) is 17.8 Å². The van der Waals surface area contributed by atoms with Crippen LogP contribution in [0.25, 0.3) is 0 Å². The van der Waals surface area contributed by atoms with Crippen LogP contribution < -0.4 is 5.32 Å². The molecule has 12 heteroatoms. The number of benzene rings is 1. The van der Waals surface area contributed by atoms with Crippen LogP contribution in [0.15, 0.2) is 34.3 Å². The lowest BCUT2D eigenvalue weighted by Crippen LogP contribution is -2.25. The van der Waals surface area contributed by atoms with Crippen molar-refractivity contribution in [3.63, 3.8) is 0 Å². The van der Waals surface area contributed by atoms with E-state index in [1.165, 1.54) is 18.2 Å². The third-order valence-electron chi connectivity index (χ3n) is 3.11. The van der Waals surface area contributed by atoms with Crippen molar-refractivity contribution in [3.8, 4) is 0 Å². The molecule has 1 heterocycles. The zero-order chi connectivity index (χ0) is 19.5. The third-order valence-corrected chi connectivity index (χ3v) is 5.47. The fraction of sp³-hybridized carbons (Fsp3) is 0.429. The number of anilines is 1. The molecule has 0 fully saturated rings. The minimum Gasteiger partial charge on any atom is -0.324 e. The maximum Gasteiger partial charge on any atom is 0.341 e. The Morgan fingerprint density at radius 1 is 1.31 bits per heavy atom. The number of para-hydroxylation sites is 1. The Balaban J connectivity index is 2.12. The number of alkyl halides is 2. The van der Waals surface area contributed by atoms with E-state index >= 15 is 0 Å². The molecule has 0 aliphatic rings. The maximum absolute atomic E-state index is 12.8. The Bertz CT molecular complexity index is 894. The highest BCUT2D eigenvalue weighted by atomic mass is 32.2. The number of nitrogens with one attached hydrogen (secondary N) is 1. The Hall–Kier alpha value is -2.08. The molecule has 1 aromatic heterocycles. The maximum atomic E-state index is 12.8. The number of thioether (sulfide) groups is 1. The van der Waals surface area contributed by atoms with Crippen LogP contribution in [-0.2, 0) is 20.2 Å². The van der Waals surface area contributed by atoms with Crippen LogP contribution in [0, 0.1) is 0 Å². The van der Waals surface area contributed by atoms with Crippen LogP contribution >= 0.6 is 11.8 Å². The molecule has 0 bridgehead atoms. The van der Waals surface area contributed by atoms with Gasteiger partial charge in [-0.1, -0.05) is 23.9 Å². The Morgan fingerprint density at radius 2 is 1.96 bits per heavy atom. The number of aromatic nitrogens is 4. The lowest BCUT2D eigenvalue weighted by Gasteiger charge is -2.19. The number of hydrogen-bond acceptors (Lipinski definition) is 7. The number of amides is 1. The first-order chi connectivity index (χ1) is 12.0. The Kier molecular flexibility index (Phi) is 5.96. The quantitative estimate of drug-likeness (QED) is 0.734. The van der Waals surface area contributed by atoms with E-state index < -0.39 is 26.4 Å². The van der Waals surface area contributed by atoms with Crippen molar-refractivity contribution in [1.82, 2.24) is 20.2 Å². The Labute approximate surface area is 153 Å². The summed E-state index contributed by atoms with van der Waals surface area (Å²) >= 11 is 1.04. The van der Waals surface area contributed by atoms with E-state index in [-0.39, 0.29) is 17.0 Å². The molecule has 0 radical (unpaired) electrons. The van der Waals surface area contributed by atoms with E-state index in [0.29, 0.717) is 5.16 Å². The number of nitrogens with zero attached hydrogens (tertiary/aromatic N) is 4. The number of hydrogen-bond donors (Lipinski definition) is 1. The van der Waals surface area contributed by atoms with Crippen molar-refractivity contribution in [2.75, 3.05) is 11.1 Å². The molecule has 0 aliphatic heterocycles. The standard InChI is InChI=1S/C14H17F2N5O3S2/c1-14(2,3)21-13(18-19-20-21)25-8-11(22)17-9-6-4-5-7-10(9)26(23,24)12(15)16/h4-7,12H,8H2,1-3H3,(H,17,22). The summed E-state index contributed by atoms with van der Waals surface area (Å²) in [7, 11) is -4.83. The van der Waals surface area contributed by atoms with Gasteiger partial charge in [-0.3, -0.25) is 4.79 Å². The summed E-state index contributed by atoms with van der Waals surface area (Å²) in [5, 5.41) is 14.0. The fourth-order valence-corrected chi connectivity index (χ4v) is 3.67. The molecule has 2 rings (SSSR count). The Morgan fingerprint density at radius 3 is 2.58 bits per heavy atom. The van der Waals surface area contributed by atoms with Crippen molar-refractivity contribution in [3.05, 3.63) is 24.3 Å². The van der Waals surface area contributed by atoms with Gasteiger partial charge in [0.15, 0.2) is 0 Å². The average Bonchev–Trinajstić information content (AvgIpc) is 3.02. The first kappa shape index (κ1) is 20.2. The number of sulfone groups is 1. The second kappa shape index (κ2) is 7.66. The first-order valence-corrected chi connectivity index (χ1v) is 9.89. The molecular formula is C14H17F2N5O3S2. The summed E-state index contributed by atoms with van der Waals surface area (Å²) in [6.45, 7) is 5.66. The van der Waals surface area contributed by atoms with Gasteiger partial charge in [-0.25, -0.2) is 13.1 Å². The molecule has 0 unspecified atom stereocenters. The van der Waals surface area contributed by atoms with Crippen molar-refractivity contribution < 1.29 is 22.0 Å². The van der Waals surface area contributed by atoms with Crippen molar-refractivity contribution in [2.24, 2.45) is 0 Å². The number of tetrazole rings is 1. The topological polar surface area (TPSA) is 107 Å². The van der Waals surface area contributed by atoms with Gasteiger partial charge >= 0.3 is 5.76 Å². The third kappa shape index (κ3) is 4.55. The molecule has 26 heavy (non-hydrogen) atoms. The van der Waals surface area contributed by atoms with Gasteiger partial charge in [-0.05, 0) is 43.3 Å². The normalized spacial score (nSPS) is 12.4. The van der Waals surface area contributed by atoms with Crippen LogP contribution in [0.2, 0.25) is 0 Å². The summed E-state index contributed by atoms with van der Waals surface area (Å²) in [6.07, 6.45) is 0. The molecule has 0 saturated heterocycles. The summed E-state index contributed by atoms with van der Waals surface area (Å²) in [4.78, 5) is 11.5. The second-order valence-corrected chi connectivity index (χ2v) is 9.01. The van der Waals surface area contributed by atoms with E-state index in [9.17, 15) is 22.0 Å². The fourth-order valence-electron chi connectivity index (χ4n) is 1.92. The van der Waals surface area contributed by atoms with Crippen molar-refractivity contribution >= 4 is 33.2 Å². The van der Waals surface area contributed by atoms with E-state index in [1.807, 2.05) is 20.8 Å². The predicted molar refractivity (Wildman–Crippen MR) is 91.8 cm³/mol. The smallest absolute Gasteiger partial charge is 0.324 e. The molecule has 1 N–H and O–H groups in total. The van der Waals surface area contributed by atoms with Gasteiger partial charge < -0.3 is 5.32 Å². The van der Waals surface area contributed by atoms with Crippen molar-refractivity contribution in [1.29, 1.82) is 0 Å². The molecule has 142 valence electrons. The second-order valence-electron chi connectivity index (χ2n) is 6.18. The average molecular weight is 405 g/mol. The molecule has 1 aromatic carbocycles. The predicted octanol–water partition coefficient (Wildman–Crippen LogP) is 2.16. The summed E-state index contributed by atoms with van der Waals surface area (Å²) in [5.74, 6) is -4.28. The zero-order valence-corrected chi connectivity index (χ0v) is 15.8. The molecule has 0 spiro atoms. The summed E-state index contributed by atoms with van der Waals surface area (Å²) < 4.78 is 50.5. The van der Waals surface area contributed by atoms with E-state index in [2.05, 4.69) is 20.8 Å².